The lowest BCUT2D eigenvalue weighted by Crippen LogP contribution is -3.00. The lowest BCUT2D eigenvalue weighted by molar-refractivity contribution is -0.138. The number of rotatable bonds is 13. The van der Waals surface area contributed by atoms with Crippen molar-refractivity contribution < 1.29 is 21.9 Å². The molecule has 0 spiro atoms. The Morgan fingerprint density at radius 2 is 1.32 bits per heavy atom. The van der Waals surface area contributed by atoms with Gasteiger partial charge in [0.1, 0.15) is 6.61 Å². The quantitative estimate of drug-likeness (QED) is 0.290. The fraction of sp³-hybridized carbons (Fsp3) is 0.833. The molecule has 0 aliphatic carbocycles. The molecule has 132 valence electrons. The van der Waals surface area contributed by atoms with Gasteiger partial charge in [0.15, 0.2) is 0 Å². The van der Waals surface area contributed by atoms with E-state index < -0.39 is 7.26 Å². The maximum Gasteiger partial charge on any atom is 0.333 e. The molecule has 0 aliphatic rings. The topological polar surface area (TPSA) is 26.3 Å². The third-order valence-corrected chi connectivity index (χ3v) is 9.03. The molecule has 0 amide bonds. The van der Waals surface area contributed by atoms with Gasteiger partial charge in [0.05, 0.1) is 24.6 Å². The molecule has 0 aromatic carbocycles. The average Bonchev–Trinajstić information content (AvgIpc) is 2.48. The largest absolute Gasteiger partial charge is 1.00 e. The van der Waals surface area contributed by atoms with Crippen LogP contribution in [0, 0.1) is 0 Å². The molecule has 0 aromatic heterocycles. The van der Waals surface area contributed by atoms with Gasteiger partial charge >= 0.3 is 5.97 Å². The highest BCUT2D eigenvalue weighted by molar-refractivity contribution is 7.75. The Balaban J connectivity index is 0. The first kappa shape index (κ1) is 24.2. The highest BCUT2D eigenvalue weighted by Crippen LogP contribution is 2.60. The fourth-order valence-electron chi connectivity index (χ4n) is 2.61. The third-order valence-electron chi connectivity index (χ3n) is 4.11. The minimum absolute atomic E-state index is 0. The second-order valence-corrected chi connectivity index (χ2v) is 10.7. The fourth-order valence-corrected chi connectivity index (χ4v) is 7.39. The maximum absolute atomic E-state index is 11.6. The predicted octanol–water partition coefficient (Wildman–Crippen LogP) is 2.53. The van der Waals surface area contributed by atoms with Crippen LogP contribution in [0.4, 0.5) is 0 Å². The van der Waals surface area contributed by atoms with Crippen molar-refractivity contribution in [3.8, 4) is 0 Å². The van der Waals surface area contributed by atoms with Crippen LogP contribution in [-0.4, -0.2) is 37.2 Å². The molecule has 0 aliphatic heterocycles. The van der Waals surface area contributed by atoms with Crippen molar-refractivity contribution in [2.24, 2.45) is 0 Å². The van der Waals surface area contributed by atoms with Crippen LogP contribution in [0.3, 0.4) is 0 Å². The van der Waals surface area contributed by atoms with Crippen LogP contribution in [0.1, 0.15) is 66.2 Å². The number of esters is 1. The van der Waals surface area contributed by atoms with Crippen molar-refractivity contribution in [1.82, 2.24) is 0 Å². The van der Waals surface area contributed by atoms with Crippen molar-refractivity contribution in [3.05, 3.63) is 12.2 Å². The Morgan fingerprint density at radius 3 is 1.64 bits per heavy atom. The van der Waals surface area contributed by atoms with E-state index >= 15 is 0 Å². The zero-order chi connectivity index (χ0) is 16.1. The second-order valence-electron chi connectivity index (χ2n) is 6.21. The standard InChI is InChI=1S/C18H36O2P.ClH/c1-6-9-13-21(14-10-7-2,15-11-8-3)16-12-20-18(19)17(4)5;/h4,6-16H2,1-3,5H3;1H/q+1;/p-1. The van der Waals surface area contributed by atoms with Crippen molar-refractivity contribution >= 4 is 13.2 Å². The van der Waals surface area contributed by atoms with Crippen LogP contribution >= 0.6 is 7.26 Å². The molecule has 0 N–H and O–H groups in total. The minimum Gasteiger partial charge on any atom is -1.00 e. The molecule has 2 nitrogen and oxygen atoms in total. The molecule has 0 saturated carbocycles. The van der Waals surface area contributed by atoms with E-state index in [9.17, 15) is 4.79 Å². The highest BCUT2D eigenvalue weighted by atomic mass is 35.5. The summed E-state index contributed by atoms with van der Waals surface area (Å²) < 4.78 is 5.39. The zero-order valence-electron chi connectivity index (χ0n) is 15.1. The molecular formula is C18H36ClO2P. The number of carbonyl (C=O) groups excluding carboxylic acids is 1. The van der Waals surface area contributed by atoms with Crippen LogP contribution in [0.2, 0.25) is 0 Å². The van der Waals surface area contributed by atoms with E-state index in [1.54, 1.807) is 6.92 Å². The Morgan fingerprint density at radius 1 is 0.909 bits per heavy atom. The first-order valence-corrected chi connectivity index (χ1v) is 11.2. The molecule has 0 aromatic rings. The number of hydrogen-bond donors (Lipinski definition) is 0. The van der Waals surface area contributed by atoms with Gasteiger partial charge in [0.2, 0.25) is 0 Å². The van der Waals surface area contributed by atoms with E-state index in [2.05, 4.69) is 27.4 Å². The minimum atomic E-state index is -0.939. The number of unbranched alkanes of at least 4 members (excludes halogenated alkanes) is 3. The Labute approximate surface area is 145 Å². The molecular weight excluding hydrogens is 315 g/mol. The van der Waals surface area contributed by atoms with Gasteiger partial charge in [-0.1, -0.05) is 46.6 Å². The third kappa shape index (κ3) is 10.6. The van der Waals surface area contributed by atoms with Gasteiger partial charge in [0, 0.05) is 12.8 Å². The van der Waals surface area contributed by atoms with Crippen LogP contribution in [0.15, 0.2) is 12.2 Å². The Hall–Kier alpha value is -0.0700. The van der Waals surface area contributed by atoms with E-state index in [4.69, 9.17) is 4.74 Å². The van der Waals surface area contributed by atoms with E-state index in [1.165, 1.54) is 57.0 Å². The van der Waals surface area contributed by atoms with Crippen molar-refractivity contribution in [2.75, 3.05) is 31.3 Å². The van der Waals surface area contributed by atoms with Crippen molar-refractivity contribution in [3.63, 3.8) is 0 Å². The van der Waals surface area contributed by atoms with E-state index in [0.717, 1.165) is 6.16 Å². The molecule has 0 rings (SSSR count). The second kappa shape index (κ2) is 14.5. The lowest BCUT2D eigenvalue weighted by atomic mass is 10.4. The van der Waals surface area contributed by atoms with Crippen LogP contribution in [-0.2, 0) is 9.53 Å². The summed E-state index contributed by atoms with van der Waals surface area (Å²) in [4.78, 5) is 11.6. The van der Waals surface area contributed by atoms with Gasteiger partial charge in [0.25, 0.3) is 0 Å². The molecule has 0 unspecified atom stereocenters. The van der Waals surface area contributed by atoms with Gasteiger partial charge in [-0.2, -0.15) is 0 Å². The summed E-state index contributed by atoms with van der Waals surface area (Å²) in [6.07, 6.45) is 13.1. The van der Waals surface area contributed by atoms with Gasteiger partial charge in [-0.25, -0.2) is 4.79 Å². The highest BCUT2D eigenvalue weighted by Gasteiger charge is 2.35. The SMILES string of the molecule is C=C(C)C(=O)OCC[P+](CCCC)(CCCC)CCCC.[Cl-]. The summed E-state index contributed by atoms with van der Waals surface area (Å²) >= 11 is 0. The summed E-state index contributed by atoms with van der Waals surface area (Å²) in [7, 11) is -0.939. The smallest absolute Gasteiger partial charge is 0.333 e. The summed E-state index contributed by atoms with van der Waals surface area (Å²) in [6.45, 7) is 12.8. The van der Waals surface area contributed by atoms with Crippen LogP contribution < -0.4 is 12.4 Å². The van der Waals surface area contributed by atoms with Crippen LogP contribution in [0.25, 0.3) is 0 Å². The van der Waals surface area contributed by atoms with E-state index in [0.29, 0.717) is 12.2 Å². The molecule has 0 bridgehead atoms. The zero-order valence-corrected chi connectivity index (χ0v) is 16.8. The number of halogens is 1. The van der Waals surface area contributed by atoms with Crippen molar-refractivity contribution in [1.29, 1.82) is 0 Å². The molecule has 0 atom stereocenters. The summed E-state index contributed by atoms with van der Waals surface area (Å²) in [5, 5.41) is 0. The van der Waals surface area contributed by atoms with Gasteiger partial charge in [-0.3, -0.25) is 0 Å². The van der Waals surface area contributed by atoms with Crippen LogP contribution in [0.5, 0.6) is 0 Å². The van der Waals surface area contributed by atoms with Gasteiger partial charge < -0.3 is 17.1 Å². The molecule has 0 saturated heterocycles. The monoisotopic (exact) mass is 350 g/mol. The number of hydrogen-bond acceptors (Lipinski definition) is 2. The molecule has 0 radical (unpaired) electrons. The normalized spacial score (nSPS) is 10.9. The molecule has 0 fully saturated rings. The van der Waals surface area contributed by atoms with E-state index in [1.807, 2.05) is 0 Å². The van der Waals surface area contributed by atoms with E-state index in [-0.39, 0.29) is 18.4 Å². The Kier molecular flexibility index (Phi) is 16.0. The first-order chi connectivity index (χ1) is 10.0. The average molecular weight is 351 g/mol. The number of carbonyl (C=O) groups is 1. The first-order valence-electron chi connectivity index (χ1n) is 8.69. The Bertz CT molecular complexity index is 284. The summed E-state index contributed by atoms with van der Waals surface area (Å²) in [5.74, 6) is -0.227. The molecule has 22 heavy (non-hydrogen) atoms. The maximum atomic E-state index is 11.6. The molecule has 0 heterocycles. The van der Waals surface area contributed by atoms with Gasteiger partial charge in [-0.05, 0) is 26.2 Å². The summed E-state index contributed by atoms with van der Waals surface area (Å²) in [5.41, 5.74) is 0.509. The van der Waals surface area contributed by atoms with Crippen molar-refractivity contribution in [2.45, 2.75) is 66.2 Å². The lowest BCUT2D eigenvalue weighted by Gasteiger charge is -2.27. The predicted molar refractivity (Wildman–Crippen MR) is 96.9 cm³/mol. The summed E-state index contributed by atoms with van der Waals surface area (Å²) in [6, 6.07) is 0. The van der Waals surface area contributed by atoms with Gasteiger partial charge in [-0.15, -0.1) is 0 Å². The number of ether oxygens (including phenoxy) is 1. The molecule has 4 heteroatoms.